The minimum atomic E-state index is -0.806. The number of allylic oxidation sites excluding steroid dienone is 2. The summed E-state index contributed by atoms with van der Waals surface area (Å²) < 4.78 is 0. The zero-order valence-corrected chi connectivity index (χ0v) is 6.53. The Morgan fingerprint density at radius 2 is 2.58 bits per heavy atom. The summed E-state index contributed by atoms with van der Waals surface area (Å²) in [6.07, 6.45) is 5.76. The van der Waals surface area contributed by atoms with E-state index in [2.05, 4.69) is 5.32 Å². The molecule has 0 aliphatic carbocycles. The van der Waals surface area contributed by atoms with Crippen LogP contribution in [0, 0.1) is 0 Å². The van der Waals surface area contributed by atoms with E-state index in [1.807, 2.05) is 23.1 Å². The third kappa shape index (κ3) is 1.00. The number of carbonyl (C=O) groups is 1. The first-order chi connectivity index (χ1) is 5.79. The van der Waals surface area contributed by atoms with E-state index in [1.54, 1.807) is 0 Å². The zero-order chi connectivity index (χ0) is 8.55. The highest BCUT2D eigenvalue weighted by Crippen LogP contribution is 2.18. The molecule has 2 aliphatic heterocycles. The minimum Gasteiger partial charge on any atom is -0.480 e. The average molecular weight is 166 g/mol. The Kier molecular flexibility index (Phi) is 1.62. The van der Waals surface area contributed by atoms with E-state index >= 15 is 0 Å². The maximum atomic E-state index is 10.7. The van der Waals surface area contributed by atoms with Crippen LogP contribution in [-0.2, 0) is 4.79 Å². The number of fused-ring (bicyclic) bond motifs is 1. The predicted molar refractivity (Wildman–Crippen MR) is 43.4 cm³/mol. The van der Waals surface area contributed by atoms with Gasteiger partial charge in [-0.05, 0) is 6.08 Å². The summed E-state index contributed by atoms with van der Waals surface area (Å²) in [5, 5.41) is 11.7. The van der Waals surface area contributed by atoms with Gasteiger partial charge in [0.05, 0.1) is 6.67 Å². The molecule has 1 unspecified atom stereocenters. The van der Waals surface area contributed by atoms with E-state index in [9.17, 15) is 4.79 Å². The van der Waals surface area contributed by atoms with Crippen molar-refractivity contribution in [3.8, 4) is 0 Å². The lowest BCUT2D eigenvalue weighted by atomic mass is 10.2. The summed E-state index contributed by atoms with van der Waals surface area (Å²) in [5.74, 6) is -0.806. The monoisotopic (exact) mass is 166 g/mol. The van der Waals surface area contributed by atoms with Crippen LogP contribution in [0.2, 0.25) is 0 Å². The first-order valence-electron chi connectivity index (χ1n) is 3.87. The molecule has 1 saturated heterocycles. The quantitative estimate of drug-likeness (QED) is 0.564. The molecule has 0 radical (unpaired) electrons. The molecule has 64 valence electrons. The van der Waals surface area contributed by atoms with Crippen molar-refractivity contribution in [2.45, 2.75) is 6.04 Å². The van der Waals surface area contributed by atoms with Crippen molar-refractivity contribution in [1.29, 1.82) is 0 Å². The van der Waals surface area contributed by atoms with Crippen LogP contribution in [-0.4, -0.2) is 35.2 Å². The lowest BCUT2D eigenvalue weighted by Gasteiger charge is -2.19. The molecule has 1 fully saturated rings. The normalized spacial score (nSPS) is 26.8. The fourth-order valence-electron chi connectivity index (χ4n) is 1.52. The van der Waals surface area contributed by atoms with Crippen LogP contribution in [0.5, 0.6) is 0 Å². The van der Waals surface area contributed by atoms with E-state index in [0.717, 1.165) is 12.2 Å². The summed E-state index contributed by atoms with van der Waals surface area (Å²) >= 11 is 0. The van der Waals surface area contributed by atoms with Gasteiger partial charge in [0.2, 0.25) is 0 Å². The van der Waals surface area contributed by atoms with Gasteiger partial charge in [-0.15, -0.1) is 0 Å². The summed E-state index contributed by atoms with van der Waals surface area (Å²) in [4.78, 5) is 12.7. The summed E-state index contributed by atoms with van der Waals surface area (Å²) in [6.45, 7) is 1.44. The van der Waals surface area contributed by atoms with E-state index in [-0.39, 0.29) is 0 Å². The van der Waals surface area contributed by atoms with Crippen molar-refractivity contribution in [3.05, 3.63) is 23.9 Å². The largest absolute Gasteiger partial charge is 0.480 e. The van der Waals surface area contributed by atoms with Gasteiger partial charge < -0.3 is 10.0 Å². The molecule has 2 heterocycles. The van der Waals surface area contributed by atoms with E-state index < -0.39 is 12.0 Å². The highest BCUT2D eigenvalue weighted by atomic mass is 16.4. The summed E-state index contributed by atoms with van der Waals surface area (Å²) in [5.41, 5.74) is 0.866. The molecular weight excluding hydrogens is 156 g/mol. The number of nitrogens with zero attached hydrogens (tertiary/aromatic N) is 1. The van der Waals surface area contributed by atoms with Gasteiger partial charge in [-0.1, -0.05) is 12.2 Å². The van der Waals surface area contributed by atoms with E-state index in [4.69, 9.17) is 5.11 Å². The van der Waals surface area contributed by atoms with Crippen molar-refractivity contribution >= 4 is 5.97 Å². The predicted octanol–water partition coefficient (Wildman–Crippen LogP) is -0.244. The smallest absolute Gasteiger partial charge is 0.326 e. The first kappa shape index (κ1) is 7.36. The molecule has 2 rings (SSSR count). The third-order valence-corrected chi connectivity index (χ3v) is 2.12. The molecule has 12 heavy (non-hydrogen) atoms. The van der Waals surface area contributed by atoms with Crippen LogP contribution in [0.4, 0.5) is 0 Å². The second kappa shape index (κ2) is 2.64. The molecule has 4 heteroatoms. The van der Waals surface area contributed by atoms with Gasteiger partial charge in [0.1, 0.15) is 6.04 Å². The Balaban J connectivity index is 2.25. The highest BCUT2D eigenvalue weighted by Gasteiger charge is 2.32. The molecule has 0 aromatic rings. The maximum absolute atomic E-state index is 10.7. The molecule has 0 aromatic carbocycles. The fourth-order valence-corrected chi connectivity index (χ4v) is 1.52. The lowest BCUT2D eigenvalue weighted by Crippen LogP contribution is -2.31. The topological polar surface area (TPSA) is 52.6 Å². The van der Waals surface area contributed by atoms with Crippen LogP contribution >= 0.6 is 0 Å². The van der Waals surface area contributed by atoms with Crippen LogP contribution in [0.3, 0.4) is 0 Å². The molecule has 0 bridgehead atoms. The number of nitrogens with one attached hydrogen (secondary N) is 1. The number of carboxylic acids is 1. The van der Waals surface area contributed by atoms with E-state index in [0.29, 0.717) is 6.67 Å². The SMILES string of the molecule is O=C(O)C1NCN2CC=CC=C12. The van der Waals surface area contributed by atoms with E-state index in [1.165, 1.54) is 0 Å². The number of rotatable bonds is 1. The van der Waals surface area contributed by atoms with Gasteiger partial charge in [0.25, 0.3) is 0 Å². The van der Waals surface area contributed by atoms with Gasteiger partial charge in [0.15, 0.2) is 0 Å². The van der Waals surface area contributed by atoms with Crippen LogP contribution < -0.4 is 5.32 Å². The molecule has 0 amide bonds. The first-order valence-corrected chi connectivity index (χ1v) is 3.87. The third-order valence-electron chi connectivity index (χ3n) is 2.12. The Labute approximate surface area is 70.2 Å². The molecule has 4 nitrogen and oxygen atoms in total. The second-order valence-electron chi connectivity index (χ2n) is 2.88. The van der Waals surface area contributed by atoms with Crippen molar-refractivity contribution < 1.29 is 9.90 Å². The van der Waals surface area contributed by atoms with Gasteiger partial charge >= 0.3 is 5.97 Å². The van der Waals surface area contributed by atoms with Crippen molar-refractivity contribution in [2.75, 3.05) is 13.2 Å². The zero-order valence-electron chi connectivity index (χ0n) is 6.53. The number of hydrogen-bond acceptors (Lipinski definition) is 3. The fraction of sp³-hybridized carbons (Fsp3) is 0.375. The second-order valence-corrected chi connectivity index (χ2v) is 2.88. The minimum absolute atomic E-state index is 0.519. The number of hydrogen-bond donors (Lipinski definition) is 2. The van der Waals surface area contributed by atoms with Crippen LogP contribution in [0.15, 0.2) is 23.9 Å². The van der Waals surface area contributed by atoms with Crippen molar-refractivity contribution in [2.24, 2.45) is 0 Å². The Hall–Kier alpha value is -1.29. The molecule has 2 aliphatic rings. The molecular formula is C8H10N2O2. The lowest BCUT2D eigenvalue weighted by molar-refractivity contribution is -0.138. The molecule has 1 atom stereocenters. The number of carboxylic acid groups (broad SMARTS) is 1. The highest BCUT2D eigenvalue weighted by molar-refractivity contribution is 5.78. The molecule has 2 N–H and O–H groups in total. The van der Waals surface area contributed by atoms with Gasteiger partial charge in [-0.2, -0.15) is 0 Å². The molecule has 0 spiro atoms. The van der Waals surface area contributed by atoms with Crippen LogP contribution in [0.1, 0.15) is 0 Å². The van der Waals surface area contributed by atoms with Crippen LogP contribution in [0.25, 0.3) is 0 Å². The standard InChI is InChI=1S/C8H10N2O2/c11-8(12)7-6-3-1-2-4-10(6)5-9-7/h1-3,7,9H,4-5H2,(H,11,12). The molecule has 0 aromatic heterocycles. The van der Waals surface area contributed by atoms with Gasteiger partial charge in [-0.3, -0.25) is 10.1 Å². The Morgan fingerprint density at radius 3 is 3.33 bits per heavy atom. The summed E-state index contributed by atoms with van der Waals surface area (Å²) in [7, 11) is 0. The van der Waals surface area contributed by atoms with Gasteiger partial charge in [-0.25, -0.2) is 0 Å². The Bertz CT molecular complexity index is 270. The average Bonchev–Trinajstić information content (AvgIpc) is 2.47. The molecule has 0 saturated carbocycles. The van der Waals surface area contributed by atoms with Crippen molar-refractivity contribution in [1.82, 2.24) is 10.2 Å². The maximum Gasteiger partial charge on any atom is 0.326 e. The number of aliphatic carboxylic acids is 1. The van der Waals surface area contributed by atoms with Crippen molar-refractivity contribution in [3.63, 3.8) is 0 Å². The van der Waals surface area contributed by atoms with Gasteiger partial charge in [0, 0.05) is 12.2 Å². The Morgan fingerprint density at radius 1 is 1.75 bits per heavy atom. The summed E-state index contributed by atoms with van der Waals surface area (Å²) in [6, 6.07) is -0.519.